The Balaban J connectivity index is 1.47. The number of hydrogen-bond donors (Lipinski definition) is 1. The third-order valence-electron chi connectivity index (χ3n) is 9.81. The van der Waals surface area contributed by atoms with Crippen molar-refractivity contribution in [3.8, 4) is 0 Å². The van der Waals surface area contributed by atoms with Gasteiger partial charge in [-0.05, 0) is 80.5 Å². The van der Waals surface area contributed by atoms with Gasteiger partial charge in [-0.25, -0.2) is 0 Å². The van der Waals surface area contributed by atoms with E-state index in [4.69, 9.17) is 9.47 Å². The molecule has 0 aromatic carbocycles. The maximum atomic E-state index is 13.6. The van der Waals surface area contributed by atoms with Crippen molar-refractivity contribution in [3.63, 3.8) is 0 Å². The van der Waals surface area contributed by atoms with Gasteiger partial charge in [-0.3, -0.25) is 4.79 Å². The molecular weight excluding hydrogens is 340 g/mol. The maximum Gasteiger partial charge on any atom is 0.169 e. The van der Waals surface area contributed by atoms with Gasteiger partial charge in [0.25, 0.3) is 0 Å². The zero-order chi connectivity index (χ0) is 19.0. The Kier molecular flexibility index (Phi) is 4.14. The highest BCUT2D eigenvalue weighted by molar-refractivity contribution is 5.84. The fraction of sp³-hybridized carbons (Fsp3) is 0.957. The molecule has 0 aromatic rings. The van der Waals surface area contributed by atoms with Gasteiger partial charge in [-0.1, -0.05) is 13.8 Å². The summed E-state index contributed by atoms with van der Waals surface area (Å²) in [6.45, 7) is 8.19. The van der Waals surface area contributed by atoms with E-state index in [0.717, 1.165) is 32.1 Å². The second kappa shape index (κ2) is 6.03. The zero-order valence-corrected chi connectivity index (χ0v) is 17.2. The Morgan fingerprint density at radius 3 is 2.44 bits per heavy atom. The number of fused-ring (bicyclic) bond motifs is 5. The minimum Gasteiger partial charge on any atom is -0.393 e. The van der Waals surface area contributed by atoms with E-state index in [-0.39, 0.29) is 22.9 Å². The summed E-state index contributed by atoms with van der Waals surface area (Å²) in [5, 5.41) is 10.2. The van der Waals surface area contributed by atoms with Gasteiger partial charge in [0.1, 0.15) is 5.78 Å². The summed E-state index contributed by atoms with van der Waals surface area (Å²) in [6, 6.07) is 0. The topological polar surface area (TPSA) is 55.8 Å². The van der Waals surface area contributed by atoms with Crippen LogP contribution in [0.15, 0.2) is 0 Å². The fourth-order valence-corrected chi connectivity index (χ4v) is 8.64. The van der Waals surface area contributed by atoms with E-state index in [9.17, 15) is 9.90 Å². The van der Waals surface area contributed by atoms with Crippen LogP contribution in [0.2, 0.25) is 0 Å². The largest absolute Gasteiger partial charge is 0.393 e. The summed E-state index contributed by atoms with van der Waals surface area (Å²) in [6.07, 6.45) is 7.99. The number of ketones is 1. The van der Waals surface area contributed by atoms with E-state index in [0.29, 0.717) is 49.1 Å². The molecule has 0 spiro atoms. The molecule has 8 atom stereocenters. The lowest BCUT2D eigenvalue weighted by atomic mass is 9.44. The van der Waals surface area contributed by atoms with Crippen LogP contribution >= 0.6 is 0 Å². The maximum absolute atomic E-state index is 13.6. The summed E-state index contributed by atoms with van der Waals surface area (Å²) in [5.74, 6) is 2.16. The molecule has 5 aliphatic rings. The molecule has 3 unspecified atom stereocenters. The van der Waals surface area contributed by atoms with Crippen molar-refractivity contribution in [2.75, 3.05) is 13.2 Å². The standard InChI is InChI=1S/C23H36O4/c1-21-9-8-15(24)12-14(21)4-5-16-17-6-7-19(23(3)26-10-11-27-23)22(17,2)13-18(25)20(16)21/h14-17,19-20,24H,4-13H2,1-3H3/t14?,15-,16+,17?,19+,20?,21+,22+/m1/s1. The molecule has 4 heteroatoms. The number of ether oxygens (including phenoxy) is 2. The Labute approximate surface area is 163 Å². The molecule has 0 aromatic heterocycles. The second-order valence-corrected chi connectivity index (χ2v) is 10.9. The summed E-state index contributed by atoms with van der Waals surface area (Å²) in [5.41, 5.74) is 0.109. The van der Waals surface area contributed by atoms with Gasteiger partial charge in [0.2, 0.25) is 0 Å². The highest BCUT2D eigenvalue weighted by atomic mass is 16.7. The normalized spacial score (nSPS) is 54.3. The first-order valence-electron chi connectivity index (χ1n) is 11.3. The lowest BCUT2D eigenvalue weighted by molar-refractivity contribution is -0.216. The van der Waals surface area contributed by atoms with Crippen molar-refractivity contribution in [2.45, 2.75) is 84.0 Å². The van der Waals surface area contributed by atoms with Crippen LogP contribution in [0, 0.1) is 40.4 Å². The lowest BCUT2D eigenvalue weighted by Crippen LogP contribution is -2.59. The molecule has 1 saturated heterocycles. The Bertz CT molecular complexity index is 626. The molecule has 1 N–H and O–H groups in total. The van der Waals surface area contributed by atoms with Crippen LogP contribution in [0.3, 0.4) is 0 Å². The first kappa shape index (κ1) is 18.6. The number of aliphatic hydroxyl groups excluding tert-OH is 1. The van der Waals surface area contributed by atoms with Crippen molar-refractivity contribution in [3.05, 3.63) is 0 Å². The average Bonchev–Trinajstić information content (AvgIpc) is 3.19. The first-order chi connectivity index (χ1) is 12.8. The number of Topliss-reactive ketones (excluding diaryl/α,β-unsaturated/α-hetero) is 1. The molecule has 4 aliphatic carbocycles. The summed E-state index contributed by atoms with van der Waals surface area (Å²) >= 11 is 0. The Hall–Kier alpha value is -0.450. The number of rotatable bonds is 1. The molecule has 27 heavy (non-hydrogen) atoms. The third kappa shape index (κ3) is 2.48. The van der Waals surface area contributed by atoms with Crippen molar-refractivity contribution in [1.82, 2.24) is 0 Å². The smallest absolute Gasteiger partial charge is 0.169 e. The van der Waals surface area contributed by atoms with Crippen LogP contribution < -0.4 is 0 Å². The molecule has 4 nitrogen and oxygen atoms in total. The van der Waals surface area contributed by atoms with E-state index >= 15 is 0 Å². The number of hydrogen-bond acceptors (Lipinski definition) is 4. The average molecular weight is 377 g/mol. The summed E-state index contributed by atoms with van der Waals surface area (Å²) in [7, 11) is 0. The minimum atomic E-state index is -0.507. The summed E-state index contributed by atoms with van der Waals surface area (Å²) in [4.78, 5) is 13.6. The van der Waals surface area contributed by atoms with Crippen molar-refractivity contribution in [1.29, 1.82) is 0 Å². The third-order valence-corrected chi connectivity index (χ3v) is 9.81. The zero-order valence-electron chi connectivity index (χ0n) is 17.2. The van der Waals surface area contributed by atoms with Crippen molar-refractivity contribution in [2.24, 2.45) is 40.4 Å². The van der Waals surface area contributed by atoms with Crippen LogP contribution in [0.1, 0.15) is 72.1 Å². The molecule has 152 valence electrons. The van der Waals surface area contributed by atoms with Gasteiger partial charge in [0.15, 0.2) is 5.79 Å². The van der Waals surface area contributed by atoms with Gasteiger partial charge in [0, 0.05) is 18.3 Å². The fourth-order valence-electron chi connectivity index (χ4n) is 8.64. The molecule has 1 heterocycles. The molecule has 5 rings (SSSR count). The highest BCUT2D eigenvalue weighted by Crippen LogP contribution is 2.68. The van der Waals surface area contributed by atoms with Gasteiger partial charge in [0.05, 0.1) is 19.3 Å². The molecule has 0 amide bonds. The predicted octanol–water partition coefficient (Wildman–Crippen LogP) is 3.95. The van der Waals surface area contributed by atoms with Crippen LogP contribution in [0.25, 0.3) is 0 Å². The van der Waals surface area contributed by atoms with Crippen LogP contribution in [0.4, 0.5) is 0 Å². The molecule has 4 saturated carbocycles. The van der Waals surface area contributed by atoms with E-state index in [1.807, 2.05) is 0 Å². The van der Waals surface area contributed by atoms with Gasteiger partial charge >= 0.3 is 0 Å². The second-order valence-electron chi connectivity index (χ2n) is 10.9. The SMILES string of the molecule is CC1([C@H]2CCC3[C@@H]4CCC5C[C@H](O)CC[C@]5(C)C4C(=O)C[C@@]32C)OCCO1. The molecule has 0 bridgehead atoms. The Morgan fingerprint density at radius 1 is 0.963 bits per heavy atom. The van der Waals surface area contributed by atoms with E-state index < -0.39 is 5.79 Å². The van der Waals surface area contributed by atoms with Crippen LogP contribution in [-0.2, 0) is 14.3 Å². The van der Waals surface area contributed by atoms with Crippen molar-refractivity contribution < 1.29 is 19.4 Å². The number of carbonyl (C=O) groups excluding carboxylic acids is 1. The molecule has 1 aliphatic heterocycles. The number of carbonyl (C=O) groups is 1. The Morgan fingerprint density at radius 2 is 1.70 bits per heavy atom. The lowest BCUT2D eigenvalue weighted by Gasteiger charge is -2.60. The highest BCUT2D eigenvalue weighted by Gasteiger charge is 2.66. The van der Waals surface area contributed by atoms with E-state index in [1.54, 1.807) is 0 Å². The molecular formula is C23H36O4. The van der Waals surface area contributed by atoms with Crippen LogP contribution in [-0.4, -0.2) is 36.0 Å². The number of aliphatic hydroxyl groups is 1. The minimum absolute atomic E-state index is 0.00865. The van der Waals surface area contributed by atoms with E-state index in [1.165, 1.54) is 12.8 Å². The summed E-state index contributed by atoms with van der Waals surface area (Å²) < 4.78 is 12.1. The van der Waals surface area contributed by atoms with Gasteiger partial charge in [-0.2, -0.15) is 0 Å². The monoisotopic (exact) mass is 376 g/mol. The van der Waals surface area contributed by atoms with Gasteiger partial charge in [-0.15, -0.1) is 0 Å². The first-order valence-corrected chi connectivity index (χ1v) is 11.3. The van der Waals surface area contributed by atoms with Gasteiger partial charge < -0.3 is 14.6 Å². The molecule has 5 fully saturated rings. The molecule has 0 radical (unpaired) electrons. The van der Waals surface area contributed by atoms with Crippen molar-refractivity contribution >= 4 is 5.78 Å². The predicted molar refractivity (Wildman–Crippen MR) is 102 cm³/mol. The van der Waals surface area contributed by atoms with Crippen LogP contribution in [0.5, 0.6) is 0 Å². The quantitative estimate of drug-likeness (QED) is 0.753. The van der Waals surface area contributed by atoms with E-state index in [2.05, 4.69) is 20.8 Å².